The van der Waals surface area contributed by atoms with Crippen LogP contribution in [0.2, 0.25) is 5.02 Å². The molecule has 1 aliphatic rings. The number of carbonyl (C=O) groups is 1. The van der Waals surface area contributed by atoms with Crippen molar-refractivity contribution < 1.29 is 9.90 Å². The van der Waals surface area contributed by atoms with Crippen LogP contribution in [0.25, 0.3) is 0 Å². The first-order chi connectivity index (χ1) is 9.47. The molecule has 1 unspecified atom stereocenters. The van der Waals surface area contributed by atoms with Gasteiger partial charge in [0.2, 0.25) is 0 Å². The summed E-state index contributed by atoms with van der Waals surface area (Å²) >= 11 is 6.17. The monoisotopic (exact) mass is 292 g/mol. The van der Waals surface area contributed by atoms with E-state index < -0.39 is 11.5 Å². The Hall–Kier alpha value is -1.57. The van der Waals surface area contributed by atoms with Crippen LogP contribution in [0, 0.1) is 11.3 Å². The number of hydrogen-bond acceptors (Lipinski definition) is 3. The van der Waals surface area contributed by atoms with Gasteiger partial charge in [-0.15, -0.1) is 0 Å². The van der Waals surface area contributed by atoms with Crippen LogP contribution in [0.4, 0.5) is 0 Å². The molecular formula is C15H17ClN2O2. The van der Waals surface area contributed by atoms with E-state index >= 15 is 0 Å². The lowest BCUT2D eigenvalue weighted by Gasteiger charge is -2.41. The van der Waals surface area contributed by atoms with Crippen LogP contribution in [0.15, 0.2) is 18.2 Å². The van der Waals surface area contributed by atoms with Crippen LogP contribution in [-0.2, 0) is 11.3 Å². The summed E-state index contributed by atoms with van der Waals surface area (Å²) in [6.07, 6.45) is 2.58. The summed E-state index contributed by atoms with van der Waals surface area (Å²) < 4.78 is 0. The predicted octanol–water partition coefficient (Wildman–Crippen LogP) is 3.04. The molecule has 0 aromatic heterocycles. The maximum absolute atomic E-state index is 11.5. The third kappa shape index (κ3) is 2.79. The third-order valence-electron chi connectivity index (χ3n) is 4.04. The number of piperidine rings is 1. The van der Waals surface area contributed by atoms with Gasteiger partial charge in [0.05, 0.1) is 11.6 Å². The Kier molecular flexibility index (Phi) is 4.32. The topological polar surface area (TPSA) is 64.3 Å². The second-order valence-corrected chi connectivity index (χ2v) is 5.78. The van der Waals surface area contributed by atoms with Crippen LogP contribution in [-0.4, -0.2) is 28.1 Å². The van der Waals surface area contributed by atoms with E-state index in [2.05, 4.69) is 0 Å². The SMILES string of the molecule is CC1(C(=O)O)CCCCN1Cc1ccc(C#N)cc1Cl. The first-order valence-corrected chi connectivity index (χ1v) is 7.02. The standard InChI is InChI=1S/C15H17ClN2O2/c1-15(14(19)20)6-2-3-7-18(15)10-12-5-4-11(9-17)8-13(12)16/h4-5,8H,2-3,6-7,10H2,1H3,(H,19,20). The summed E-state index contributed by atoms with van der Waals surface area (Å²) in [5.74, 6) is -0.790. The van der Waals surface area contributed by atoms with Crippen molar-refractivity contribution in [1.82, 2.24) is 4.90 Å². The number of carboxylic acids is 1. The van der Waals surface area contributed by atoms with E-state index in [0.29, 0.717) is 23.6 Å². The van der Waals surface area contributed by atoms with E-state index in [1.807, 2.05) is 11.0 Å². The Morgan fingerprint density at radius 3 is 2.90 bits per heavy atom. The highest BCUT2D eigenvalue weighted by Gasteiger charge is 2.41. The Balaban J connectivity index is 2.24. The average molecular weight is 293 g/mol. The van der Waals surface area contributed by atoms with Crippen molar-refractivity contribution in [1.29, 1.82) is 5.26 Å². The number of carboxylic acid groups (broad SMARTS) is 1. The quantitative estimate of drug-likeness (QED) is 0.930. The van der Waals surface area contributed by atoms with E-state index in [-0.39, 0.29) is 0 Å². The molecule has 0 aliphatic carbocycles. The summed E-state index contributed by atoms with van der Waals surface area (Å²) in [5, 5.41) is 18.8. The summed E-state index contributed by atoms with van der Waals surface area (Å²) in [4.78, 5) is 13.5. The lowest BCUT2D eigenvalue weighted by molar-refractivity contribution is -0.153. The predicted molar refractivity (Wildman–Crippen MR) is 76.5 cm³/mol. The van der Waals surface area contributed by atoms with E-state index in [0.717, 1.165) is 24.9 Å². The van der Waals surface area contributed by atoms with Crippen LogP contribution in [0.1, 0.15) is 37.3 Å². The maximum atomic E-state index is 11.5. The Morgan fingerprint density at radius 2 is 2.30 bits per heavy atom. The van der Waals surface area contributed by atoms with Crippen molar-refractivity contribution >= 4 is 17.6 Å². The van der Waals surface area contributed by atoms with Crippen molar-refractivity contribution in [2.24, 2.45) is 0 Å². The van der Waals surface area contributed by atoms with Crippen LogP contribution in [0.3, 0.4) is 0 Å². The number of aliphatic carboxylic acids is 1. The van der Waals surface area contributed by atoms with E-state index in [1.165, 1.54) is 0 Å². The number of halogens is 1. The molecule has 4 nitrogen and oxygen atoms in total. The zero-order valence-electron chi connectivity index (χ0n) is 11.4. The zero-order valence-corrected chi connectivity index (χ0v) is 12.2. The van der Waals surface area contributed by atoms with Gasteiger partial charge < -0.3 is 5.11 Å². The van der Waals surface area contributed by atoms with E-state index in [4.69, 9.17) is 16.9 Å². The lowest BCUT2D eigenvalue weighted by Crippen LogP contribution is -2.54. The van der Waals surface area contributed by atoms with E-state index in [9.17, 15) is 9.90 Å². The van der Waals surface area contributed by atoms with Gasteiger partial charge in [0, 0.05) is 11.6 Å². The largest absolute Gasteiger partial charge is 0.480 e. The smallest absolute Gasteiger partial charge is 0.323 e. The molecule has 0 amide bonds. The minimum absolute atomic E-state index is 0.493. The number of nitriles is 1. The Morgan fingerprint density at radius 1 is 1.55 bits per heavy atom. The molecule has 1 aliphatic heterocycles. The van der Waals surface area contributed by atoms with E-state index in [1.54, 1.807) is 25.1 Å². The second-order valence-electron chi connectivity index (χ2n) is 5.38. The number of nitrogens with zero attached hydrogens (tertiary/aromatic N) is 2. The highest BCUT2D eigenvalue weighted by atomic mass is 35.5. The van der Waals surface area contributed by atoms with Gasteiger partial charge >= 0.3 is 5.97 Å². The van der Waals surface area contributed by atoms with Crippen molar-refractivity contribution in [3.8, 4) is 6.07 Å². The highest BCUT2D eigenvalue weighted by Crippen LogP contribution is 2.31. The Bertz CT molecular complexity index is 567. The second kappa shape index (κ2) is 5.82. The molecular weight excluding hydrogens is 276 g/mol. The number of rotatable bonds is 3. The van der Waals surface area contributed by atoms with Gasteiger partial charge in [0.1, 0.15) is 5.54 Å². The minimum atomic E-state index is -0.838. The van der Waals surface area contributed by atoms with Gasteiger partial charge in [-0.3, -0.25) is 9.69 Å². The fraction of sp³-hybridized carbons (Fsp3) is 0.467. The first kappa shape index (κ1) is 14.8. The van der Waals surface area contributed by atoms with Gasteiger partial charge in [-0.25, -0.2) is 0 Å². The normalized spacial score (nSPS) is 23.2. The molecule has 1 N–H and O–H groups in total. The number of benzene rings is 1. The van der Waals surface area contributed by atoms with Crippen molar-refractivity contribution in [2.45, 2.75) is 38.3 Å². The van der Waals surface area contributed by atoms with Gasteiger partial charge in [-0.05, 0) is 50.4 Å². The van der Waals surface area contributed by atoms with Gasteiger partial charge in [-0.1, -0.05) is 17.7 Å². The summed E-state index contributed by atoms with van der Waals surface area (Å²) in [7, 11) is 0. The molecule has 0 radical (unpaired) electrons. The van der Waals surface area contributed by atoms with Crippen molar-refractivity contribution in [3.63, 3.8) is 0 Å². The molecule has 0 saturated carbocycles. The lowest BCUT2D eigenvalue weighted by atomic mass is 9.88. The van der Waals surface area contributed by atoms with Gasteiger partial charge in [0.15, 0.2) is 0 Å². The molecule has 20 heavy (non-hydrogen) atoms. The summed E-state index contributed by atoms with van der Waals surface area (Å²) in [5.41, 5.74) is 0.536. The number of hydrogen-bond donors (Lipinski definition) is 1. The zero-order chi connectivity index (χ0) is 14.8. The van der Waals surface area contributed by atoms with Crippen LogP contribution < -0.4 is 0 Å². The average Bonchev–Trinajstić information content (AvgIpc) is 2.43. The molecule has 106 valence electrons. The maximum Gasteiger partial charge on any atom is 0.323 e. The molecule has 1 fully saturated rings. The summed E-state index contributed by atoms with van der Waals surface area (Å²) in [6.45, 7) is 3.01. The molecule has 1 heterocycles. The highest BCUT2D eigenvalue weighted by molar-refractivity contribution is 6.31. The van der Waals surface area contributed by atoms with Crippen LogP contribution >= 0.6 is 11.6 Å². The van der Waals surface area contributed by atoms with Gasteiger partial charge in [-0.2, -0.15) is 5.26 Å². The molecule has 1 atom stereocenters. The molecule has 2 rings (SSSR count). The third-order valence-corrected chi connectivity index (χ3v) is 4.40. The molecule has 1 aromatic rings. The number of likely N-dealkylation sites (tertiary alicyclic amines) is 1. The minimum Gasteiger partial charge on any atom is -0.480 e. The molecule has 1 aromatic carbocycles. The molecule has 1 saturated heterocycles. The molecule has 0 spiro atoms. The fourth-order valence-corrected chi connectivity index (χ4v) is 2.86. The fourth-order valence-electron chi connectivity index (χ4n) is 2.62. The summed E-state index contributed by atoms with van der Waals surface area (Å²) in [6, 6.07) is 7.18. The van der Waals surface area contributed by atoms with Crippen molar-refractivity contribution in [3.05, 3.63) is 34.3 Å². The van der Waals surface area contributed by atoms with Crippen LogP contribution in [0.5, 0.6) is 0 Å². The molecule has 0 bridgehead atoms. The first-order valence-electron chi connectivity index (χ1n) is 6.64. The van der Waals surface area contributed by atoms with Gasteiger partial charge in [0.25, 0.3) is 0 Å². The molecule has 5 heteroatoms. The Labute approximate surface area is 123 Å². The van der Waals surface area contributed by atoms with Crippen molar-refractivity contribution in [2.75, 3.05) is 6.54 Å².